The molecule has 0 amide bonds. The van der Waals surface area contributed by atoms with E-state index in [1.54, 1.807) is 12.4 Å². The summed E-state index contributed by atoms with van der Waals surface area (Å²) in [4.78, 5) is 8.32. The topological polar surface area (TPSA) is 51.8 Å². The van der Waals surface area contributed by atoms with E-state index in [2.05, 4.69) is 16.9 Å². The third-order valence-corrected chi connectivity index (χ3v) is 2.23. The third kappa shape index (κ3) is 4.21. The zero-order valence-electron chi connectivity index (χ0n) is 8.87. The van der Waals surface area contributed by atoms with Crippen LogP contribution < -0.4 is 5.73 Å². The number of aromatic nitrogens is 2. The molecule has 3 nitrogen and oxygen atoms in total. The van der Waals surface area contributed by atoms with Crippen molar-refractivity contribution in [1.82, 2.24) is 9.97 Å². The van der Waals surface area contributed by atoms with E-state index < -0.39 is 0 Å². The summed E-state index contributed by atoms with van der Waals surface area (Å²) in [6, 6.07) is 0. The first-order valence-electron chi connectivity index (χ1n) is 5.39. The highest BCUT2D eigenvalue weighted by atomic mass is 14.9. The molecule has 0 aliphatic rings. The molecular formula is C11H19N3. The molecule has 0 bridgehead atoms. The Balaban J connectivity index is 2.15. The molecule has 2 N–H and O–H groups in total. The van der Waals surface area contributed by atoms with E-state index in [4.69, 9.17) is 5.73 Å². The van der Waals surface area contributed by atoms with Crippen LogP contribution in [0.3, 0.4) is 0 Å². The predicted octanol–water partition coefficient (Wildman–Crippen LogP) is 2.57. The number of hydrogen-bond acceptors (Lipinski definition) is 3. The van der Waals surface area contributed by atoms with Crippen LogP contribution in [0, 0.1) is 0 Å². The van der Waals surface area contributed by atoms with Gasteiger partial charge in [-0.05, 0) is 6.42 Å². The zero-order chi connectivity index (χ0) is 10.2. The quantitative estimate of drug-likeness (QED) is 0.706. The molecule has 1 aromatic heterocycles. The molecule has 1 aromatic rings. The fourth-order valence-corrected chi connectivity index (χ4v) is 1.38. The molecule has 0 radical (unpaired) electrons. The van der Waals surface area contributed by atoms with E-state index >= 15 is 0 Å². The van der Waals surface area contributed by atoms with Gasteiger partial charge in [0, 0.05) is 6.42 Å². The number of hydrogen-bond donors (Lipinski definition) is 1. The average molecular weight is 193 g/mol. The van der Waals surface area contributed by atoms with E-state index in [0.29, 0.717) is 5.69 Å². The second kappa shape index (κ2) is 6.35. The Kier molecular flexibility index (Phi) is 4.97. The summed E-state index contributed by atoms with van der Waals surface area (Å²) in [5, 5.41) is 0. The Morgan fingerprint density at radius 1 is 1.07 bits per heavy atom. The van der Waals surface area contributed by atoms with Crippen molar-refractivity contribution in [2.75, 3.05) is 5.73 Å². The summed E-state index contributed by atoms with van der Waals surface area (Å²) < 4.78 is 0. The number of rotatable bonds is 6. The molecule has 0 atom stereocenters. The predicted molar refractivity (Wildman–Crippen MR) is 58.9 cm³/mol. The highest BCUT2D eigenvalue weighted by Gasteiger charge is 1.95. The van der Waals surface area contributed by atoms with Gasteiger partial charge in [-0.25, -0.2) is 9.97 Å². The van der Waals surface area contributed by atoms with E-state index in [0.717, 1.165) is 12.2 Å². The first kappa shape index (κ1) is 11.0. The van der Waals surface area contributed by atoms with Crippen molar-refractivity contribution >= 4 is 5.69 Å². The van der Waals surface area contributed by atoms with Crippen molar-refractivity contribution in [3.8, 4) is 0 Å². The van der Waals surface area contributed by atoms with Gasteiger partial charge in [0.1, 0.15) is 5.82 Å². The van der Waals surface area contributed by atoms with Crippen molar-refractivity contribution in [2.24, 2.45) is 0 Å². The lowest BCUT2D eigenvalue weighted by Crippen LogP contribution is -1.96. The first-order valence-corrected chi connectivity index (χ1v) is 5.39. The van der Waals surface area contributed by atoms with Crippen LogP contribution in [0.15, 0.2) is 12.4 Å². The minimum absolute atomic E-state index is 0.639. The van der Waals surface area contributed by atoms with Crippen molar-refractivity contribution in [3.63, 3.8) is 0 Å². The Labute approximate surface area is 85.8 Å². The Bertz CT molecular complexity index is 243. The molecule has 3 heteroatoms. The number of nitrogen functional groups attached to an aromatic ring is 1. The maximum atomic E-state index is 5.50. The number of aryl methyl sites for hydroxylation is 1. The average Bonchev–Trinajstić information content (AvgIpc) is 2.21. The molecule has 0 aliphatic heterocycles. The zero-order valence-corrected chi connectivity index (χ0v) is 8.87. The van der Waals surface area contributed by atoms with Gasteiger partial charge in [-0.15, -0.1) is 0 Å². The van der Waals surface area contributed by atoms with Gasteiger partial charge in [-0.3, -0.25) is 0 Å². The van der Waals surface area contributed by atoms with Crippen LogP contribution in [0.2, 0.25) is 0 Å². The summed E-state index contributed by atoms with van der Waals surface area (Å²) >= 11 is 0. The maximum Gasteiger partial charge on any atom is 0.128 e. The van der Waals surface area contributed by atoms with Crippen LogP contribution in [0.4, 0.5) is 5.69 Å². The molecule has 0 aromatic carbocycles. The number of anilines is 1. The Hall–Kier alpha value is -1.12. The lowest BCUT2D eigenvalue weighted by molar-refractivity contribution is 0.622. The van der Waals surface area contributed by atoms with Gasteiger partial charge < -0.3 is 5.73 Å². The second-order valence-electron chi connectivity index (χ2n) is 3.60. The highest BCUT2D eigenvalue weighted by Crippen LogP contribution is 2.06. The van der Waals surface area contributed by atoms with Gasteiger partial charge in [0.2, 0.25) is 0 Å². The maximum absolute atomic E-state index is 5.50. The summed E-state index contributed by atoms with van der Waals surface area (Å²) in [6.45, 7) is 2.23. The number of nitrogens with zero attached hydrogens (tertiary/aromatic N) is 2. The van der Waals surface area contributed by atoms with Gasteiger partial charge >= 0.3 is 0 Å². The minimum atomic E-state index is 0.639. The smallest absolute Gasteiger partial charge is 0.128 e. The summed E-state index contributed by atoms with van der Waals surface area (Å²) in [6.07, 6.45) is 10.7. The fraction of sp³-hybridized carbons (Fsp3) is 0.636. The largest absolute Gasteiger partial charge is 0.396 e. The van der Waals surface area contributed by atoms with E-state index in [1.165, 1.54) is 32.1 Å². The van der Waals surface area contributed by atoms with Crippen LogP contribution in [-0.4, -0.2) is 9.97 Å². The standard InChI is InChI=1S/C11H19N3/c1-2-3-4-5-6-7-11-13-8-10(12)9-14-11/h8-9H,2-7,12H2,1H3. The van der Waals surface area contributed by atoms with Crippen LogP contribution in [0.25, 0.3) is 0 Å². The summed E-state index contributed by atoms with van der Waals surface area (Å²) in [5.74, 6) is 0.913. The first-order chi connectivity index (χ1) is 6.83. The van der Waals surface area contributed by atoms with Gasteiger partial charge in [0.25, 0.3) is 0 Å². The highest BCUT2D eigenvalue weighted by molar-refractivity contribution is 5.30. The second-order valence-corrected chi connectivity index (χ2v) is 3.60. The SMILES string of the molecule is CCCCCCCc1ncc(N)cn1. The van der Waals surface area contributed by atoms with Crippen molar-refractivity contribution in [1.29, 1.82) is 0 Å². The molecule has 14 heavy (non-hydrogen) atoms. The van der Waals surface area contributed by atoms with Gasteiger partial charge in [0.05, 0.1) is 18.1 Å². The third-order valence-electron chi connectivity index (χ3n) is 2.23. The molecule has 78 valence electrons. The van der Waals surface area contributed by atoms with E-state index in [9.17, 15) is 0 Å². The molecule has 0 saturated carbocycles. The van der Waals surface area contributed by atoms with Crippen molar-refractivity contribution in [2.45, 2.75) is 45.4 Å². The summed E-state index contributed by atoms with van der Waals surface area (Å²) in [7, 11) is 0. The Morgan fingerprint density at radius 2 is 1.71 bits per heavy atom. The fourth-order valence-electron chi connectivity index (χ4n) is 1.38. The normalized spacial score (nSPS) is 10.4. The monoisotopic (exact) mass is 193 g/mol. The Morgan fingerprint density at radius 3 is 2.36 bits per heavy atom. The van der Waals surface area contributed by atoms with E-state index in [-0.39, 0.29) is 0 Å². The van der Waals surface area contributed by atoms with Crippen molar-refractivity contribution < 1.29 is 0 Å². The lowest BCUT2D eigenvalue weighted by atomic mass is 10.1. The molecule has 1 rings (SSSR count). The lowest BCUT2D eigenvalue weighted by Gasteiger charge is -2.00. The van der Waals surface area contributed by atoms with Crippen LogP contribution in [0.1, 0.15) is 44.9 Å². The van der Waals surface area contributed by atoms with Gasteiger partial charge in [-0.1, -0.05) is 32.6 Å². The number of unbranched alkanes of at least 4 members (excludes halogenated alkanes) is 4. The summed E-state index contributed by atoms with van der Waals surface area (Å²) in [5.41, 5.74) is 6.13. The molecule has 0 fully saturated rings. The van der Waals surface area contributed by atoms with Gasteiger partial charge in [-0.2, -0.15) is 0 Å². The van der Waals surface area contributed by atoms with Crippen LogP contribution >= 0.6 is 0 Å². The van der Waals surface area contributed by atoms with Crippen LogP contribution in [-0.2, 0) is 6.42 Å². The molecular weight excluding hydrogens is 174 g/mol. The molecule has 1 heterocycles. The molecule has 0 saturated heterocycles. The number of nitrogens with two attached hydrogens (primary N) is 1. The molecule has 0 unspecified atom stereocenters. The van der Waals surface area contributed by atoms with Crippen molar-refractivity contribution in [3.05, 3.63) is 18.2 Å². The van der Waals surface area contributed by atoms with Gasteiger partial charge in [0.15, 0.2) is 0 Å². The van der Waals surface area contributed by atoms with E-state index in [1.807, 2.05) is 0 Å². The minimum Gasteiger partial charge on any atom is -0.396 e. The molecule has 0 spiro atoms. The van der Waals surface area contributed by atoms with Crippen LogP contribution in [0.5, 0.6) is 0 Å². The molecule has 0 aliphatic carbocycles.